The highest BCUT2D eigenvalue weighted by atomic mass is 19.2. The molecule has 25 heavy (non-hydrogen) atoms. The van der Waals surface area contributed by atoms with E-state index in [2.05, 4.69) is 18.8 Å². The molecule has 0 aliphatic heterocycles. The molecule has 0 aromatic heterocycles. The van der Waals surface area contributed by atoms with Crippen molar-refractivity contribution in [2.24, 2.45) is 11.8 Å². The Hall–Kier alpha value is -1.56. The molecule has 0 atom stereocenters. The summed E-state index contributed by atoms with van der Waals surface area (Å²) in [6.45, 7) is 4.53. The maximum absolute atomic E-state index is 14.1. The van der Waals surface area contributed by atoms with Gasteiger partial charge in [-0.25, -0.2) is 4.39 Å². The van der Waals surface area contributed by atoms with Crippen LogP contribution in [0.25, 0.3) is 0 Å². The van der Waals surface area contributed by atoms with E-state index in [9.17, 15) is 8.78 Å². The van der Waals surface area contributed by atoms with Gasteiger partial charge in [0.1, 0.15) is 0 Å². The largest absolute Gasteiger partial charge is 0.490 e. The lowest BCUT2D eigenvalue weighted by molar-refractivity contribution is 0.294. The van der Waals surface area contributed by atoms with Crippen molar-refractivity contribution in [1.29, 1.82) is 0 Å². The van der Waals surface area contributed by atoms with E-state index < -0.39 is 11.6 Å². The van der Waals surface area contributed by atoms with Crippen molar-refractivity contribution in [1.82, 2.24) is 0 Å². The van der Waals surface area contributed by atoms with E-state index >= 15 is 0 Å². The zero-order valence-corrected chi connectivity index (χ0v) is 15.5. The molecule has 0 bridgehead atoms. The van der Waals surface area contributed by atoms with Gasteiger partial charge in [-0.3, -0.25) is 0 Å². The maximum atomic E-state index is 14.1. The van der Waals surface area contributed by atoms with Gasteiger partial charge >= 0.3 is 0 Å². The Morgan fingerprint density at radius 3 is 2.44 bits per heavy atom. The lowest BCUT2D eigenvalue weighted by Gasteiger charge is -2.25. The zero-order chi connectivity index (χ0) is 18.1. The fourth-order valence-corrected chi connectivity index (χ4v) is 3.41. The highest BCUT2D eigenvalue weighted by molar-refractivity contribution is 5.41. The van der Waals surface area contributed by atoms with Gasteiger partial charge in [-0.05, 0) is 50.2 Å². The SMILES string of the molecule is CCCCC[C@H]1CC[C@H](C#Cc2ccc(OCCC)c(F)c2F)CC1. The number of unbranched alkanes of at least 4 members (excludes halogenated alkanes) is 2. The second kappa shape index (κ2) is 10.4. The van der Waals surface area contributed by atoms with E-state index in [0.717, 1.165) is 25.2 Å². The number of hydrogen-bond acceptors (Lipinski definition) is 1. The highest BCUT2D eigenvalue weighted by Crippen LogP contribution is 2.32. The zero-order valence-electron chi connectivity index (χ0n) is 15.5. The Kier molecular flexibility index (Phi) is 8.25. The molecule has 1 aliphatic rings. The summed E-state index contributed by atoms with van der Waals surface area (Å²) in [5.74, 6) is 5.29. The third-order valence-corrected chi connectivity index (χ3v) is 4.98. The molecule has 1 fully saturated rings. The van der Waals surface area contributed by atoms with Crippen LogP contribution in [0, 0.1) is 35.3 Å². The molecular formula is C22H30F2O. The number of benzene rings is 1. The van der Waals surface area contributed by atoms with Gasteiger partial charge in [0.25, 0.3) is 0 Å². The van der Waals surface area contributed by atoms with Crippen molar-refractivity contribution in [3.05, 3.63) is 29.3 Å². The Morgan fingerprint density at radius 1 is 1.00 bits per heavy atom. The number of ether oxygens (including phenoxy) is 1. The van der Waals surface area contributed by atoms with Crippen molar-refractivity contribution in [2.45, 2.75) is 71.6 Å². The maximum Gasteiger partial charge on any atom is 0.201 e. The van der Waals surface area contributed by atoms with E-state index in [1.165, 1.54) is 50.7 Å². The van der Waals surface area contributed by atoms with E-state index in [4.69, 9.17) is 4.74 Å². The Bertz CT molecular complexity index is 592. The smallest absolute Gasteiger partial charge is 0.201 e. The van der Waals surface area contributed by atoms with Gasteiger partial charge in [0.15, 0.2) is 11.6 Å². The normalized spacial score (nSPS) is 20.0. The second-order valence-electron chi connectivity index (χ2n) is 7.07. The van der Waals surface area contributed by atoms with Gasteiger partial charge in [-0.1, -0.05) is 51.4 Å². The van der Waals surface area contributed by atoms with Crippen molar-refractivity contribution in [2.75, 3.05) is 6.61 Å². The minimum atomic E-state index is -0.931. The van der Waals surface area contributed by atoms with Crippen LogP contribution in [0.5, 0.6) is 5.75 Å². The summed E-state index contributed by atoms with van der Waals surface area (Å²) in [7, 11) is 0. The predicted octanol–water partition coefficient (Wildman–Crippen LogP) is 6.49. The average molecular weight is 348 g/mol. The lowest BCUT2D eigenvalue weighted by atomic mass is 9.80. The molecule has 0 heterocycles. The van der Waals surface area contributed by atoms with Crippen molar-refractivity contribution in [3.63, 3.8) is 0 Å². The molecule has 0 saturated heterocycles. The van der Waals surface area contributed by atoms with Crippen LogP contribution in [0.4, 0.5) is 8.78 Å². The van der Waals surface area contributed by atoms with Gasteiger partial charge in [0, 0.05) is 5.92 Å². The average Bonchev–Trinajstić information content (AvgIpc) is 2.63. The van der Waals surface area contributed by atoms with Gasteiger partial charge in [-0.2, -0.15) is 4.39 Å². The molecule has 3 heteroatoms. The molecule has 1 aromatic rings. The Morgan fingerprint density at radius 2 is 1.76 bits per heavy atom. The van der Waals surface area contributed by atoms with E-state index in [0.29, 0.717) is 12.5 Å². The fourth-order valence-electron chi connectivity index (χ4n) is 3.41. The van der Waals surface area contributed by atoms with Crippen LogP contribution in [0.1, 0.15) is 77.2 Å². The minimum absolute atomic E-state index is 0.0301. The molecule has 1 aliphatic carbocycles. The van der Waals surface area contributed by atoms with Crippen LogP contribution in [-0.2, 0) is 0 Å². The van der Waals surface area contributed by atoms with Crippen LogP contribution in [-0.4, -0.2) is 6.61 Å². The summed E-state index contributed by atoms with van der Waals surface area (Å²) < 4.78 is 33.3. The van der Waals surface area contributed by atoms with Crippen LogP contribution < -0.4 is 4.74 Å². The van der Waals surface area contributed by atoms with E-state index in [-0.39, 0.29) is 11.3 Å². The van der Waals surface area contributed by atoms with E-state index in [1.807, 2.05) is 6.92 Å². The van der Waals surface area contributed by atoms with Crippen molar-refractivity contribution >= 4 is 0 Å². The summed E-state index contributed by atoms with van der Waals surface area (Å²) in [5, 5.41) is 0. The quantitative estimate of drug-likeness (QED) is 0.404. The molecule has 1 aromatic carbocycles. The van der Waals surface area contributed by atoms with Crippen molar-refractivity contribution in [3.8, 4) is 17.6 Å². The molecular weight excluding hydrogens is 318 g/mol. The molecule has 1 saturated carbocycles. The van der Waals surface area contributed by atoms with Gasteiger partial charge in [-0.15, -0.1) is 0 Å². The number of halogens is 2. The van der Waals surface area contributed by atoms with Gasteiger partial charge < -0.3 is 4.74 Å². The van der Waals surface area contributed by atoms with Gasteiger partial charge in [0.2, 0.25) is 5.82 Å². The molecule has 2 rings (SSSR count). The van der Waals surface area contributed by atoms with E-state index in [1.54, 1.807) is 0 Å². The molecule has 0 spiro atoms. The number of hydrogen-bond donors (Lipinski definition) is 0. The topological polar surface area (TPSA) is 9.23 Å². The first-order valence-electron chi connectivity index (χ1n) is 9.78. The molecule has 0 unspecified atom stereocenters. The summed E-state index contributed by atoms with van der Waals surface area (Å²) in [6.07, 6.45) is 10.6. The first-order chi connectivity index (χ1) is 12.2. The molecule has 0 amide bonds. The van der Waals surface area contributed by atoms with Crippen LogP contribution in [0.2, 0.25) is 0 Å². The lowest BCUT2D eigenvalue weighted by Crippen LogP contribution is -2.13. The van der Waals surface area contributed by atoms with Crippen molar-refractivity contribution < 1.29 is 13.5 Å². The third kappa shape index (κ3) is 6.03. The summed E-state index contributed by atoms with van der Waals surface area (Å²) in [4.78, 5) is 0. The fraction of sp³-hybridized carbons (Fsp3) is 0.636. The van der Waals surface area contributed by atoms with Gasteiger partial charge in [0.05, 0.1) is 12.2 Å². The third-order valence-electron chi connectivity index (χ3n) is 4.98. The summed E-state index contributed by atoms with van der Waals surface area (Å²) in [5.41, 5.74) is 0.131. The Labute approximate surface area is 151 Å². The standard InChI is InChI=1S/C22H30F2O/c1-3-5-6-7-17-8-10-18(11-9-17)12-13-19-14-15-20(25-16-4-2)22(24)21(19)23/h14-15,17-18H,3-11,16H2,1-2H3/t17-,18-. The summed E-state index contributed by atoms with van der Waals surface area (Å²) in [6, 6.07) is 3.00. The predicted molar refractivity (Wildman–Crippen MR) is 98.6 cm³/mol. The summed E-state index contributed by atoms with van der Waals surface area (Å²) >= 11 is 0. The molecule has 1 nitrogen and oxygen atoms in total. The first-order valence-corrected chi connectivity index (χ1v) is 9.78. The number of rotatable bonds is 7. The monoisotopic (exact) mass is 348 g/mol. The van der Waals surface area contributed by atoms with Crippen LogP contribution in [0.3, 0.4) is 0 Å². The highest BCUT2D eigenvalue weighted by Gasteiger charge is 2.19. The second-order valence-corrected chi connectivity index (χ2v) is 7.07. The molecule has 0 radical (unpaired) electrons. The molecule has 0 N–H and O–H groups in total. The molecule has 138 valence electrons. The first kappa shape index (κ1) is 19.8. The van der Waals surface area contributed by atoms with Crippen LogP contribution >= 0.6 is 0 Å². The Balaban J connectivity index is 1.90. The minimum Gasteiger partial charge on any atom is -0.490 e. The van der Waals surface area contributed by atoms with Crippen LogP contribution in [0.15, 0.2) is 12.1 Å².